The molecule has 2 aromatic rings. The zero-order valence-electron chi connectivity index (χ0n) is 13.1. The van der Waals surface area contributed by atoms with Crippen LogP contribution in [0.25, 0.3) is 0 Å². The molecule has 0 saturated carbocycles. The molecule has 0 aliphatic rings. The molecule has 0 atom stereocenters. The molecule has 0 fully saturated rings. The topological polar surface area (TPSA) is 62.4 Å². The number of aromatic nitrogens is 1. The Labute approximate surface area is 134 Å². The van der Waals surface area contributed by atoms with Crippen LogP contribution in [-0.2, 0) is 6.54 Å². The third-order valence-electron chi connectivity index (χ3n) is 3.33. The lowest BCUT2D eigenvalue weighted by atomic mass is 10.1. The molecule has 0 spiro atoms. The Hall–Kier alpha value is -3.00. The maximum Gasteiger partial charge on any atom is 0.259 e. The van der Waals surface area contributed by atoms with Gasteiger partial charge in [0.1, 0.15) is 17.9 Å². The van der Waals surface area contributed by atoms with Crippen LogP contribution in [0, 0.1) is 19.3 Å². The summed E-state index contributed by atoms with van der Waals surface area (Å²) in [6.45, 7) is 2.23. The predicted octanol–water partition coefficient (Wildman–Crippen LogP) is 1.97. The number of nitrogens with zero attached hydrogens (tertiary/aromatic N) is 1. The highest BCUT2D eigenvalue weighted by atomic mass is 16.5. The molecule has 0 radical (unpaired) electrons. The van der Waals surface area contributed by atoms with Gasteiger partial charge in [-0.25, -0.2) is 0 Å². The van der Waals surface area contributed by atoms with Gasteiger partial charge in [-0.15, -0.1) is 6.42 Å². The van der Waals surface area contributed by atoms with Crippen molar-refractivity contribution < 1.29 is 9.53 Å². The minimum absolute atomic E-state index is 0.111. The number of H-pyrrole nitrogens is 1. The number of pyridine rings is 1. The Morgan fingerprint density at radius 3 is 2.83 bits per heavy atom. The first-order chi connectivity index (χ1) is 11.0. The number of para-hydroxylation sites is 1. The van der Waals surface area contributed by atoms with Gasteiger partial charge in [-0.1, -0.05) is 24.1 Å². The van der Waals surface area contributed by atoms with E-state index in [9.17, 15) is 9.59 Å². The van der Waals surface area contributed by atoms with Crippen molar-refractivity contribution in [2.75, 3.05) is 13.7 Å². The molecular formula is C18H18N2O3. The Kier molecular flexibility index (Phi) is 5.21. The summed E-state index contributed by atoms with van der Waals surface area (Å²) in [4.78, 5) is 28.7. The lowest BCUT2D eigenvalue weighted by Crippen LogP contribution is -2.30. The van der Waals surface area contributed by atoms with E-state index in [4.69, 9.17) is 11.2 Å². The maximum atomic E-state index is 12.4. The largest absolute Gasteiger partial charge is 0.481 e. The van der Waals surface area contributed by atoms with Gasteiger partial charge in [0.2, 0.25) is 0 Å². The number of aryl methyl sites for hydroxylation is 1. The maximum absolute atomic E-state index is 12.4. The van der Waals surface area contributed by atoms with Crippen LogP contribution in [0.3, 0.4) is 0 Å². The molecule has 0 unspecified atom stereocenters. The SMILES string of the molecule is C#CCOc1ccccc1CN(C)C(=O)c1c[nH]c(C)cc1=O. The van der Waals surface area contributed by atoms with Crippen LogP contribution < -0.4 is 10.2 Å². The summed E-state index contributed by atoms with van der Waals surface area (Å²) in [6.07, 6.45) is 6.64. The van der Waals surface area contributed by atoms with Crippen molar-refractivity contribution in [3.63, 3.8) is 0 Å². The molecule has 0 saturated heterocycles. The van der Waals surface area contributed by atoms with Crippen LogP contribution in [0.5, 0.6) is 5.75 Å². The average molecular weight is 310 g/mol. The third-order valence-corrected chi connectivity index (χ3v) is 3.33. The quantitative estimate of drug-likeness (QED) is 0.859. The van der Waals surface area contributed by atoms with Gasteiger partial charge >= 0.3 is 0 Å². The second kappa shape index (κ2) is 7.32. The molecule has 2 rings (SSSR count). The highest BCUT2D eigenvalue weighted by molar-refractivity contribution is 5.93. The van der Waals surface area contributed by atoms with Gasteiger partial charge in [0.05, 0.1) is 0 Å². The van der Waals surface area contributed by atoms with Crippen molar-refractivity contribution in [3.05, 3.63) is 63.6 Å². The molecule has 23 heavy (non-hydrogen) atoms. The number of carbonyl (C=O) groups is 1. The lowest BCUT2D eigenvalue weighted by molar-refractivity contribution is 0.0782. The molecule has 1 heterocycles. The monoisotopic (exact) mass is 310 g/mol. The minimum Gasteiger partial charge on any atom is -0.481 e. The van der Waals surface area contributed by atoms with Crippen LogP contribution >= 0.6 is 0 Å². The fraction of sp³-hybridized carbons (Fsp3) is 0.222. The molecule has 1 aromatic heterocycles. The first-order valence-corrected chi connectivity index (χ1v) is 7.12. The number of nitrogens with one attached hydrogen (secondary N) is 1. The van der Waals surface area contributed by atoms with Gasteiger partial charge in [-0.2, -0.15) is 0 Å². The van der Waals surface area contributed by atoms with Crippen LogP contribution in [0.15, 0.2) is 41.3 Å². The van der Waals surface area contributed by atoms with E-state index in [0.717, 1.165) is 5.56 Å². The Balaban J connectivity index is 2.19. The summed E-state index contributed by atoms with van der Waals surface area (Å²) in [5, 5.41) is 0. The third kappa shape index (κ3) is 4.01. The molecule has 118 valence electrons. The summed E-state index contributed by atoms with van der Waals surface area (Å²) in [5.41, 5.74) is 1.35. The molecule has 1 N–H and O–H groups in total. The molecule has 0 bridgehead atoms. The van der Waals surface area contributed by atoms with Crippen molar-refractivity contribution in [1.29, 1.82) is 0 Å². The van der Waals surface area contributed by atoms with Crippen molar-refractivity contribution in [2.24, 2.45) is 0 Å². The van der Waals surface area contributed by atoms with Crippen LogP contribution in [0.1, 0.15) is 21.6 Å². The lowest BCUT2D eigenvalue weighted by Gasteiger charge is -2.19. The van der Waals surface area contributed by atoms with E-state index >= 15 is 0 Å². The van der Waals surface area contributed by atoms with E-state index in [1.165, 1.54) is 17.2 Å². The molecule has 0 aliphatic carbocycles. The molecule has 0 aliphatic heterocycles. The van der Waals surface area contributed by atoms with Gasteiger partial charge in [0.25, 0.3) is 5.91 Å². The summed E-state index contributed by atoms with van der Waals surface area (Å²) in [5.74, 6) is 2.69. The van der Waals surface area contributed by atoms with E-state index in [1.807, 2.05) is 18.2 Å². The number of rotatable bonds is 5. The molecular weight excluding hydrogens is 292 g/mol. The van der Waals surface area contributed by atoms with E-state index < -0.39 is 0 Å². The van der Waals surface area contributed by atoms with Crippen molar-refractivity contribution in [1.82, 2.24) is 9.88 Å². The number of ether oxygens (including phenoxy) is 1. The Morgan fingerprint density at radius 1 is 1.39 bits per heavy atom. The molecule has 1 aromatic carbocycles. The van der Waals surface area contributed by atoms with E-state index in [1.54, 1.807) is 20.0 Å². The predicted molar refractivity (Wildman–Crippen MR) is 88.4 cm³/mol. The van der Waals surface area contributed by atoms with Gasteiger partial charge in [-0.3, -0.25) is 9.59 Å². The highest BCUT2D eigenvalue weighted by Crippen LogP contribution is 2.19. The smallest absolute Gasteiger partial charge is 0.259 e. The van der Waals surface area contributed by atoms with Crippen molar-refractivity contribution in [2.45, 2.75) is 13.5 Å². The summed E-state index contributed by atoms with van der Waals surface area (Å²) in [6, 6.07) is 8.75. The fourth-order valence-corrected chi connectivity index (χ4v) is 2.17. The number of benzene rings is 1. The zero-order valence-corrected chi connectivity index (χ0v) is 13.1. The molecule has 5 nitrogen and oxygen atoms in total. The molecule has 5 heteroatoms. The van der Waals surface area contributed by atoms with Crippen LogP contribution in [0.4, 0.5) is 0 Å². The Bertz CT molecular complexity index is 802. The highest BCUT2D eigenvalue weighted by Gasteiger charge is 2.17. The van der Waals surface area contributed by atoms with E-state index in [0.29, 0.717) is 18.0 Å². The summed E-state index contributed by atoms with van der Waals surface area (Å²) < 4.78 is 5.47. The number of hydrogen-bond donors (Lipinski definition) is 1. The first-order valence-electron chi connectivity index (χ1n) is 7.12. The second-order valence-corrected chi connectivity index (χ2v) is 5.16. The van der Waals surface area contributed by atoms with Crippen LogP contribution in [-0.4, -0.2) is 29.4 Å². The fourth-order valence-electron chi connectivity index (χ4n) is 2.17. The number of aromatic amines is 1. The standard InChI is InChI=1S/C18H18N2O3/c1-4-9-23-17-8-6-5-7-14(17)12-20(3)18(22)15-11-19-13(2)10-16(15)21/h1,5-8,10-11H,9,12H2,2-3H3,(H,19,21). The number of carbonyl (C=O) groups excluding carboxylic acids is 1. The average Bonchev–Trinajstić information content (AvgIpc) is 2.53. The van der Waals surface area contributed by atoms with E-state index in [2.05, 4.69) is 10.9 Å². The minimum atomic E-state index is -0.349. The number of hydrogen-bond acceptors (Lipinski definition) is 3. The van der Waals surface area contributed by atoms with Gasteiger partial charge in [0, 0.05) is 37.1 Å². The Morgan fingerprint density at radius 2 is 2.13 bits per heavy atom. The second-order valence-electron chi connectivity index (χ2n) is 5.16. The van der Waals surface area contributed by atoms with E-state index in [-0.39, 0.29) is 23.5 Å². The van der Waals surface area contributed by atoms with Crippen molar-refractivity contribution >= 4 is 5.91 Å². The van der Waals surface area contributed by atoms with Gasteiger partial charge in [-0.05, 0) is 13.0 Å². The zero-order chi connectivity index (χ0) is 16.8. The summed E-state index contributed by atoms with van der Waals surface area (Å²) in [7, 11) is 1.64. The van der Waals surface area contributed by atoms with Gasteiger partial charge < -0.3 is 14.6 Å². The summed E-state index contributed by atoms with van der Waals surface area (Å²) >= 11 is 0. The first kappa shape index (κ1) is 16.4. The van der Waals surface area contributed by atoms with Crippen molar-refractivity contribution in [3.8, 4) is 18.1 Å². The van der Waals surface area contributed by atoms with Crippen LogP contribution in [0.2, 0.25) is 0 Å². The number of amides is 1. The number of terminal acetylenes is 1. The molecule has 1 amide bonds. The normalized spacial score (nSPS) is 9.96. The van der Waals surface area contributed by atoms with Gasteiger partial charge in [0.15, 0.2) is 5.43 Å².